The second-order valence-corrected chi connectivity index (χ2v) is 4.80. The minimum atomic E-state index is 0.300. The Balaban J connectivity index is 1.78. The lowest BCUT2D eigenvalue weighted by Crippen LogP contribution is -2.41. The predicted molar refractivity (Wildman–Crippen MR) is 62.2 cm³/mol. The quantitative estimate of drug-likeness (QED) is 0.526. The molecule has 0 radical (unpaired) electrons. The highest BCUT2D eigenvalue weighted by atomic mass is 15.3. The standard InChI is InChI=1S/C11H22N4/c12-11(13)9-14-7-4-10(8-14)15-5-2-1-3-6-15/h10H,1-9H2,(H3,12,13). The van der Waals surface area contributed by atoms with Crippen molar-refractivity contribution in [3.8, 4) is 0 Å². The largest absolute Gasteiger partial charge is 0.387 e. The fraction of sp³-hybridized carbons (Fsp3) is 0.909. The van der Waals surface area contributed by atoms with E-state index in [0.29, 0.717) is 12.4 Å². The van der Waals surface area contributed by atoms with E-state index in [1.807, 2.05) is 0 Å². The van der Waals surface area contributed by atoms with Crippen molar-refractivity contribution in [2.24, 2.45) is 5.73 Å². The Hall–Kier alpha value is -0.610. The van der Waals surface area contributed by atoms with Gasteiger partial charge in [0.2, 0.25) is 0 Å². The maximum absolute atomic E-state index is 7.29. The second kappa shape index (κ2) is 4.94. The van der Waals surface area contributed by atoms with Gasteiger partial charge in [-0.3, -0.25) is 15.2 Å². The van der Waals surface area contributed by atoms with E-state index in [1.54, 1.807) is 0 Å². The van der Waals surface area contributed by atoms with Gasteiger partial charge in [-0.15, -0.1) is 0 Å². The minimum absolute atomic E-state index is 0.300. The zero-order valence-electron chi connectivity index (χ0n) is 9.41. The van der Waals surface area contributed by atoms with E-state index in [0.717, 1.165) is 19.1 Å². The van der Waals surface area contributed by atoms with Gasteiger partial charge in [-0.05, 0) is 32.4 Å². The third-order valence-corrected chi connectivity index (χ3v) is 3.55. The van der Waals surface area contributed by atoms with Gasteiger partial charge in [-0.1, -0.05) is 6.42 Å². The summed E-state index contributed by atoms with van der Waals surface area (Å²) >= 11 is 0. The molecule has 2 heterocycles. The summed E-state index contributed by atoms with van der Waals surface area (Å²) in [6.07, 6.45) is 5.39. The first-order chi connectivity index (χ1) is 7.25. The zero-order valence-corrected chi connectivity index (χ0v) is 9.41. The number of hydrogen-bond acceptors (Lipinski definition) is 3. The topological polar surface area (TPSA) is 56.4 Å². The van der Waals surface area contributed by atoms with Gasteiger partial charge < -0.3 is 5.73 Å². The molecule has 1 atom stereocenters. The average molecular weight is 210 g/mol. The minimum Gasteiger partial charge on any atom is -0.387 e. The van der Waals surface area contributed by atoms with Crippen LogP contribution in [0.25, 0.3) is 0 Å². The number of nitrogens with zero attached hydrogens (tertiary/aromatic N) is 2. The predicted octanol–water partition coefficient (Wildman–Crippen LogP) is 0.483. The molecule has 3 N–H and O–H groups in total. The van der Waals surface area contributed by atoms with Crippen LogP contribution in [0.5, 0.6) is 0 Å². The van der Waals surface area contributed by atoms with Crippen LogP contribution >= 0.6 is 0 Å². The van der Waals surface area contributed by atoms with Crippen LogP contribution in [0.4, 0.5) is 0 Å². The van der Waals surface area contributed by atoms with E-state index in [4.69, 9.17) is 11.1 Å². The monoisotopic (exact) mass is 210 g/mol. The summed E-state index contributed by atoms with van der Waals surface area (Å²) < 4.78 is 0. The molecule has 0 aromatic heterocycles. The van der Waals surface area contributed by atoms with Gasteiger partial charge in [-0.2, -0.15) is 0 Å². The van der Waals surface area contributed by atoms with Crippen molar-refractivity contribution >= 4 is 5.84 Å². The Labute approximate surface area is 91.9 Å². The fourth-order valence-electron chi connectivity index (χ4n) is 2.78. The molecule has 1 unspecified atom stereocenters. The Bertz CT molecular complexity index is 223. The highest BCUT2D eigenvalue weighted by Gasteiger charge is 2.28. The summed E-state index contributed by atoms with van der Waals surface area (Å²) in [7, 11) is 0. The van der Waals surface area contributed by atoms with Gasteiger partial charge >= 0.3 is 0 Å². The van der Waals surface area contributed by atoms with Gasteiger partial charge in [0, 0.05) is 19.1 Å². The van der Waals surface area contributed by atoms with Crippen LogP contribution in [-0.4, -0.2) is 54.4 Å². The first-order valence-electron chi connectivity index (χ1n) is 6.05. The van der Waals surface area contributed by atoms with E-state index >= 15 is 0 Å². The van der Waals surface area contributed by atoms with Crippen LogP contribution in [0.1, 0.15) is 25.7 Å². The molecular formula is C11H22N4. The summed E-state index contributed by atoms with van der Waals surface area (Å²) in [5.74, 6) is 0.300. The van der Waals surface area contributed by atoms with Gasteiger partial charge in [0.15, 0.2) is 0 Å². The Morgan fingerprint density at radius 1 is 1.20 bits per heavy atom. The number of rotatable bonds is 3. The SMILES string of the molecule is N=C(N)CN1CCC(N2CCCCC2)C1. The summed E-state index contributed by atoms with van der Waals surface area (Å²) in [5.41, 5.74) is 5.42. The van der Waals surface area contributed by atoms with Crippen LogP contribution in [-0.2, 0) is 0 Å². The average Bonchev–Trinajstić information content (AvgIpc) is 2.67. The number of likely N-dealkylation sites (tertiary alicyclic amines) is 2. The lowest BCUT2D eigenvalue weighted by atomic mass is 10.1. The van der Waals surface area contributed by atoms with E-state index in [9.17, 15) is 0 Å². The van der Waals surface area contributed by atoms with Crippen molar-refractivity contribution in [2.75, 3.05) is 32.7 Å². The number of piperidine rings is 1. The molecule has 0 spiro atoms. The molecule has 2 aliphatic rings. The van der Waals surface area contributed by atoms with Crippen molar-refractivity contribution in [2.45, 2.75) is 31.7 Å². The molecule has 2 fully saturated rings. The van der Waals surface area contributed by atoms with E-state index < -0.39 is 0 Å². The number of amidine groups is 1. The highest BCUT2D eigenvalue weighted by molar-refractivity contribution is 5.78. The highest BCUT2D eigenvalue weighted by Crippen LogP contribution is 2.19. The van der Waals surface area contributed by atoms with E-state index in [2.05, 4.69) is 9.80 Å². The maximum atomic E-state index is 7.29. The van der Waals surface area contributed by atoms with E-state index in [-0.39, 0.29) is 0 Å². The number of hydrogen-bond donors (Lipinski definition) is 2. The van der Waals surface area contributed by atoms with Crippen LogP contribution in [0, 0.1) is 5.41 Å². The first kappa shape index (κ1) is 10.9. The van der Waals surface area contributed by atoms with Gasteiger partial charge in [-0.25, -0.2) is 0 Å². The molecule has 2 aliphatic heterocycles. The van der Waals surface area contributed by atoms with Crippen LogP contribution in [0.15, 0.2) is 0 Å². The molecule has 15 heavy (non-hydrogen) atoms. The van der Waals surface area contributed by atoms with Crippen molar-refractivity contribution in [3.05, 3.63) is 0 Å². The molecule has 0 saturated carbocycles. The lowest BCUT2D eigenvalue weighted by molar-refractivity contribution is 0.164. The molecule has 2 saturated heterocycles. The Morgan fingerprint density at radius 2 is 1.93 bits per heavy atom. The zero-order chi connectivity index (χ0) is 10.7. The molecule has 0 aromatic rings. The van der Waals surface area contributed by atoms with Gasteiger partial charge in [0.25, 0.3) is 0 Å². The summed E-state index contributed by atoms with van der Waals surface area (Å²) in [4.78, 5) is 4.94. The molecular weight excluding hydrogens is 188 g/mol. The first-order valence-corrected chi connectivity index (χ1v) is 6.05. The summed E-state index contributed by atoms with van der Waals surface area (Å²) in [5, 5.41) is 7.29. The third kappa shape index (κ3) is 2.92. The molecule has 2 rings (SSSR count). The number of nitrogens with two attached hydrogens (primary N) is 1. The number of nitrogens with one attached hydrogen (secondary N) is 1. The second-order valence-electron chi connectivity index (χ2n) is 4.80. The van der Waals surface area contributed by atoms with Crippen molar-refractivity contribution in [1.29, 1.82) is 5.41 Å². The lowest BCUT2D eigenvalue weighted by Gasteiger charge is -2.32. The van der Waals surface area contributed by atoms with Crippen LogP contribution < -0.4 is 5.73 Å². The molecule has 4 nitrogen and oxygen atoms in total. The molecule has 0 aliphatic carbocycles. The van der Waals surface area contributed by atoms with E-state index in [1.165, 1.54) is 38.8 Å². The smallest absolute Gasteiger partial charge is 0.105 e. The molecule has 4 heteroatoms. The Kier molecular flexibility index (Phi) is 3.59. The van der Waals surface area contributed by atoms with Crippen LogP contribution in [0.3, 0.4) is 0 Å². The molecule has 0 aromatic carbocycles. The maximum Gasteiger partial charge on any atom is 0.105 e. The van der Waals surface area contributed by atoms with Crippen molar-refractivity contribution in [1.82, 2.24) is 9.80 Å². The Morgan fingerprint density at radius 3 is 2.60 bits per heavy atom. The fourth-order valence-corrected chi connectivity index (χ4v) is 2.78. The van der Waals surface area contributed by atoms with Crippen LogP contribution in [0.2, 0.25) is 0 Å². The molecule has 0 amide bonds. The van der Waals surface area contributed by atoms with Gasteiger partial charge in [0.1, 0.15) is 5.84 Å². The van der Waals surface area contributed by atoms with Crippen molar-refractivity contribution < 1.29 is 0 Å². The summed E-state index contributed by atoms with van der Waals surface area (Å²) in [6, 6.07) is 0.727. The third-order valence-electron chi connectivity index (χ3n) is 3.55. The van der Waals surface area contributed by atoms with Gasteiger partial charge in [0.05, 0.1) is 6.54 Å². The molecule has 86 valence electrons. The summed E-state index contributed by atoms with van der Waals surface area (Å²) in [6.45, 7) is 5.43. The normalized spacial score (nSPS) is 29.5. The molecule has 0 bridgehead atoms. The van der Waals surface area contributed by atoms with Crippen molar-refractivity contribution in [3.63, 3.8) is 0 Å².